The molecule has 1 aliphatic carbocycles. The molecule has 0 bridgehead atoms. The molecule has 286 valence electrons. The number of rotatable bonds is 15. The molecule has 52 heavy (non-hydrogen) atoms. The van der Waals surface area contributed by atoms with Crippen molar-refractivity contribution in [3.05, 3.63) is 23.0 Å². The van der Waals surface area contributed by atoms with Gasteiger partial charge in [0, 0.05) is 17.6 Å². The van der Waals surface area contributed by atoms with Crippen molar-refractivity contribution in [1.82, 2.24) is 9.55 Å². The fourth-order valence-corrected chi connectivity index (χ4v) is 10.4. The molecular weight excluding hydrogens is 758 g/mol. The number of fused-ring (bicyclic) bond motifs is 1. The van der Waals surface area contributed by atoms with Crippen molar-refractivity contribution in [3.8, 4) is 6.07 Å². The van der Waals surface area contributed by atoms with Crippen LogP contribution < -0.4 is 5.32 Å². The Balaban J connectivity index is 1.15. The normalized spacial score (nSPS) is 27.9. The summed E-state index contributed by atoms with van der Waals surface area (Å²) in [5.74, 6) is -2.50. The van der Waals surface area contributed by atoms with Crippen LogP contribution in [0.4, 0.5) is 10.1 Å². The van der Waals surface area contributed by atoms with Crippen LogP contribution in [0, 0.1) is 22.2 Å². The maximum atomic E-state index is 13.7. The number of esters is 2. The van der Waals surface area contributed by atoms with Gasteiger partial charge in [0.2, 0.25) is 13.6 Å². The molecule has 3 saturated heterocycles. The summed E-state index contributed by atoms with van der Waals surface area (Å²) in [6.45, 7) is 1.49. The van der Waals surface area contributed by atoms with Crippen molar-refractivity contribution < 1.29 is 69.9 Å². The summed E-state index contributed by atoms with van der Waals surface area (Å²) in [5.41, 5.74) is -2.84. The first-order chi connectivity index (χ1) is 24.5. The maximum absolute atomic E-state index is 13.7. The van der Waals surface area contributed by atoms with Gasteiger partial charge in [0.1, 0.15) is 52.6 Å². The standard InChI is InChI=1S/C30H37ClFN4O14PS/c1-29(9-44-10-29)27(39)46-13-48-51(41,49-14-47-28(40)30(2)11-45-12-30)15-52(42,43)8-20-22(37)23(38)26(50-20)36-4-3-18-21(34-17-5-16(32)6-17)19(7-33)24(31)35-25(18)36/h3-4,16-17,20,22-23,26,37-38H,5-6,8-15H2,1-2H3,(H,34,35)/t16-,17+,20-,22-,23-,26-/m1/s1. The molecule has 4 aliphatic rings. The van der Waals surface area contributed by atoms with E-state index in [0.717, 1.165) is 0 Å². The Labute approximate surface area is 301 Å². The molecule has 4 atom stereocenters. The van der Waals surface area contributed by atoms with Crippen molar-refractivity contribution >= 4 is 57.7 Å². The molecule has 2 aromatic rings. The average Bonchev–Trinajstić information content (AvgIpc) is 3.56. The van der Waals surface area contributed by atoms with E-state index >= 15 is 0 Å². The molecule has 3 N–H and O–H groups in total. The Hall–Kier alpha value is -2.96. The second-order valence-electron chi connectivity index (χ2n) is 13.8. The number of anilines is 1. The maximum Gasteiger partial charge on any atom is 0.351 e. The summed E-state index contributed by atoms with van der Waals surface area (Å²) in [5, 5.41) is 34.9. The molecule has 4 fully saturated rings. The molecule has 3 aliphatic heterocycles. The topological polar surface area (TPSA) is 244 Å². The number of nitrogens with zero attached hydrogens (tertiary/aromatic N) is 3. The number of alkyl halides is 1. The number of hydrogen-bond donors (Lipinski definition) is 3. The van der Waals surface area contributed by atoms with Crippen LogP contribution in [0.15, 0.2) is 12.3 Å². The van der Waals surface area contributed by atoms with Crippen LogP contribution in [-0.4, -0.2) is 122 Å². The quantitative estimate of drug-likeness (QED) is 0.101. The van der Waals surface area contributed by atoms with Crippen LogP contribution in [-0.2, 0) is 56.7 Å². The van der Waals surface area contributed by atoms with Crippen LogP contribution in [0.3, 0.4) is 0 Å². The number of carbonyl (C=O) groups excluding carboxylic acids is 2. The van der Waals surface area contributed by atoms with Gasteiger partial charge in [-0.3, -0.25) is 23.2 Å². The molecule has 5 heterocycles. The summed E-state index contributed by atoms with van der Waals surface area (Å²) in [6.07, 6.45) is -5.55. The largest absolute Gasteiger partial charge is 0.437 e. The summed E-state index contributed by atoms with van der Waals surface area (Å²) < 4.78 is 91.7. The third-order valence-electron chi connectivity index (χ3n) is 9.29. The fourth-order valence-electron chi connectivity index (χ4n) is 5.94. The van der Waals surface area contributed by atoms with Crippen LogP contribution in [0.5, 0.6) is 0 Å². The van der Waals surface area contributed by atoms with Gasteiger partial charge in [0.05, 0.1) is 37.9 Å². The summed E-state index contributed by atoms with van der Waals surface area (Å²) in [4.78, 5) is 29.1. The van der Waals surface area contributed by atoms with Crippen molar-refractivity contribution in [2.24, 2.45) is 10.8 Å². The van der Waals surface area contributed by atoms with E-state index in [1.54, 1.807) is 19.9 Å². The van der Waals surface area contributed by atoms with Crippen molar-refractivity contribution in [3.63, 3.8) is 0 Å². The first-order valence-corrected chi connectivity index (χ1v) is 20.0. The molecule has 0 unspecified atom stereocenters. The molecule has 0 spiro atoms. The molecule has 6 rings (SSSR count). The molecule has 2 aromatic heterocycles. The third kappa shape index (κ3) is 7.80. The van der Waals surface area contributed by atoms with Crippen LogP contribution in [0.1, 0.15) is 38.5 Å². The number of nitrogens with one attached hydrogen (secondary N) is 1. The van der Waals surface area contributed by atoms with E-state index in [9.17, 15) is 42.4 Å². The number of pyridine rings is 1. The number of hydrogen-bond acceptors (Lipinski definition) is 17. The van der Waals surface area contributed by atoms with Gasteiger partial charge < -0.3 is 43.8 Å². The lowest BCUT2D eigenvalue weighted by Gasteiger charge is -2.35. The minimum Gasteiger partial charge on any atom is -0.437 e. The molecule has 18 nitrogen and oxygen atoms in total. The Bertz CT molecular complexity index is 1870. The third-order valence-corrected chi connectivity index (χ3v) is 14.2. The summed E-state index contributed by atoms with van der Waals surface area (Å²) in [6, 6.07) is 3.26. The van der Waals surface area contributed by atoms with E-state index < -0.39 is 95.7 Å². The summed E-state index contributed by atoms with van der Waals surface area (Å²) >= 11 is 6.32. The molecule has 0 radical (unpaired) electrons. The molecular formula is C30H37ClFN4O14PS. The highest BCUT2D eigenvalue weighted by molar-refractivity contribution is 7.97. The van der Waals surface area contributed by atoms with Crippen molar-refractivity contribution in [1.29, 1.82) is 5.26 Å². The fraction of sp³-hybridized carbons (Fsp3) is 0.667. The van der Waals surface area contributed by atoms with E-state index in [-0.39, 0.29) is 67.4 Å². The second kappa shape index (κ2) is 14.7. The van der Waals surface area contributed by atoms with E-state index in [4.69, 9.17) is 44.3 Å². The van der Waals surface area contributed by atoms with E-state index in [2.05, 4.69) is 10.3 Å². The first-order valence-electron chi connectivity index (χ1n) is 16.1. The predicted molar refractivity (Wildman–Crippen MR) is 175 cm³/mol. The lowest BCUT2D eigenvalue weighted by molar-refractivity contribution is -0.189. The van der Waals surface area contributed by atoms with Crippen molar-refractivity contribution in [2.45, 2.75) is 63.4 Å². The van der Waals surface area contributed by atoms with Gasteiger partial charge >= 0.3 is 19.5 Å². The Morgan fingerprint density at radius 3 is 2.19 bits per heavy atom. The van der Waals surface area contributed by atoms with Gasteiger partial charge in [0.25, 0.3) is 0 Å². The molecule has 22 heteroatoms. The summed E-state index contributed by atoms with van der Waals surface area (Å²) in [7, 11) is -9.30. The number of aromatic nitrogens is 2. The Morgan fingerprint density at radius 1 is 1.12 bits per heavy atom. The number of sulfone groups is 1. The lowest BCUT2D eigenvalue weighted by Crippen LogP contribution is -2.47. The molecule has 0 aromatic carbocycles. The zero-order valence-electron chi connectivity index (χ0n) is 27.9. The SMILES string of the molecule is CC1(C(=O)OCOP(=O)(CS(=O)(=O)C[C@H]2O[C@@H](n3ccc4c(N[C@H]5C[C@@H](F)C5)c(C#N)c(Cl)nc43)[C@H](O)[C@@H]2O)OCOC(=O)C2(C)COC2)COC1. The van der Waals surface area contributed by atoms with Gasteiger partial charge in [-0.15, -0.1) is 0 Å². The van der Waals surface area contributed by atoms with Gasteiger partial charge in [-0.05, 0) is 32.8 Å². The van der Waals surface area contributed by atoms with Crippen LogP contribution in [0.25, 0.3) is 11.0 Å². The second-order valence-corrected chi connectivity index (χ2v) is 18.7. The van der Waals surface area contributed by atoms with Crippen molar-refractivity contribution in [2.75, 3.05) is 56.6 Å². The van der Waals surface area contributed by atoms with E-state index in [0.29, 0.717) is 5.39 Å². The highest BCUT2D eigenvalue weighted by Gasteiger charge is 2.48. The number of ether oxygens (including phenoxy) is 5. The van der Waals surface area contributed by atoms with Crippen LogP contribution >= 0.6 is 19.2 Å². The number of carbonyl (C=O) groups is 2. The minimum absolute atomic E-state index is 0.0158. The Kier molecular flexibility index (Phi) is 11.0. The highest BCUT2D eigenvalue weighted by atomic mass is 35.5. The zero-order chi connectivity index (χ0) is 37.6. The number of aliphatic hydroxyl groups excluding tert-OH is 2. The zero-order valence-corrected chi connectivity index (χ0v) is 30.4. The van der Waals surface area contributed by atoms with E-state index in [1.165, 1.54) is 10.8 Å². The monoisotopic (exact) mass is 794 g/mol. The Morgan fingerprint density at radius 2 is 1.69 bits per heavy atom. The van der Waals surface area contributed by atoms with Crippen LogP contribution in [0.2, 0.25) is 5.15 Å². The van der Waals surface area contributed by atoms with Gasteiger partial charge in [-0.25, -0.2) is 17.8 Å². The predicted octanol–water partition coefficient (Wildman–Crippen LogP) is 1.77. The van der Waals surface area contributed by atoms with Gasteiger partial charge in [-0.1, -0.05) is 11.6 Å². The first kappa shape index (κ1) is 38.8. The average molecular weight is 795 g/mol. The minimum atomic E-state index is -4.75. The number of halogens is 2. The van der Waals surface area contributed by atoms with Gasteiger partial charge in [0.15, 0.2) is 26.7 Å². The smallest absolute Gasteiger partial charge is 0.351 e. The highest BCUT2D eigenvalue weighted by Crippen LogP contribution is 2.50. The molecule has 1 saturated carbocycles. The molecule has 0 amide bonds. The van der Waals surface area contributed by atoms with Gasteiger partial charge in [-0.2, -0.15) is 5.26 Å². The van der Waals surface area contributed by atoms with E-state index in [1.807, 2.05) is 6.07 Å². The number of nitriles is 1. The number of aliphatic hydroxyl groups is 2. The lowest BCUT2D eigenvalue weighted by atomic mass is 9.89.